The molecule has 2 aromatic heterocycles. The summed E-state index contributed by atoms with van der Waals surface area (Å²) in [7, 11) is 0. The number of aromatic nitrogens is 4. The van der Waals surface area contributed by atoms with Crippen LogP contribution in [0.25, 0.3) is 5.69 Å². The summed E-state index contributed by atoms with van der Waals surface area (Å²) in [6.07, 6.45) is 4.31. The number of fused-ring (bicyclic) bond motifs is 1. The Hall–Kier alpha value is -3.03. The fraction of sp³-hybridized carbons (Fsp3) is 0.278. The summed E-state index contributed by atoms with van der Waals surface area (Å²) in [6.45, 7) is 1.85. The van der Waals surface area contributed by atoms with Gasteiger partial charge in [0.15, 0.2) is 5.82 Å². The van der Waals surface area contributed by atoms with E-state index >= 15 is 0 Å². The highest BCUT2D eigenvalue weighted by atomic mass is 19.1. The number of nitrogens with zero attached hydrogens (tertiary/aromatic N) is 4. The number of nitrogens with two attached hydrogens (primary N) is 1. The Kier molecular flexibility index (Phi) is 4.02. The summed E-state index contributed by atoms with van der Waals surface area (Å²) >= 11 is 0. The molecule has 0 bridgehead atoms. The predicted octanol–water partition coefficient (Wildman–Crippen LogP) is 3.32. The monoisotopic (exact) mass is 356 g/mol. The highest BCUT2D eigenvalue weighted by Crippen LogP contribution is 2.33. The van der Waals surface area contributed by atoms with Crippen molar-refractivity contribution in [2.75, 3.05) is 11.1 Å². The van der Waals surface area contributed by atoms with Crippen LogP contribution in [-0.2, 0) is 6.42 Å². The van der Waals surface area contributed by atoms with E-state index in [1.165, 1.54) is 12.1 Å². The molecule has 0 spiro atoms. The number of anilines is 2. The first-order valence-electron chi connectivity index (χ1n) is 8.41. The van der Waals surface area contributed by atoms with Crippen LogP contribution in [0.5, 0.6) is 0 Å². The number of hydrogen-bond acceptors (Lipinski definition) is 5. The maximum atomic E-state index is 14.2. The molecule has 0 radical (unpaired) electrons. The van der Waals surface area contributed by atoms with Crippen molar-refractivity contribution < 1.29 is 8.78 Å². The van der Waals surface area contributed by atoms with Gasteiger partial charge in [0, 0.05) is 29.1 Å². The van der Waals surface area contributed by atoms with Gasteiger partial charge in [0.05, 0.1) is 12.2 Å². The maximum Gasteiger partial charge on any atom is 0.222 e. The Balaban J connectivity index is 1.68. The van der Waals surface area contributed by atoms with E-state index in [0.29, 0.717) is 5.82 Å². The van der Waals surface area contributed by atoms with Crippen LogP contribution in [0.3, 0.4) is 0 Å². The van der Waals surface area contributed by atoms with Gasteiger partial charge in [-0.3, -0.25) is 0 Å². The first-order chi connectivity index (χ1) is 12.5. The van der Waals surface area contributed by atoms with Crippen molar-refractivity contribution >= 4 is 11.8 Å². The predicted molar refractivity (Wildman–Crippen MR) is 94.0 cm³/mol. The highest BCUT2D eigenvalue weighted by molar-refractivity contribution is 5.45. The van der Waals surface area contributed by atoms with Crippen LogP contribution in [0.2, 0.25) is 0 Å². The number of halogens is 2. The van der Waals surface area contributed by atoms with Gasteiger partial charge in [-0.25, -0.2) is 18.4 Å². The van der Waals surface area contributed by atoms with Crippen molar-refractivity contribution in [2.45, 2.75) is 32.2 Å². The molecule has 6 nitrogen and oxygen atoms in total. The van der Waals surface area contributed by atoms with Gasteiger partial charge in [-0.05, 0) is 38.3 Å². The largest absolute Gasteiger partial charge is 0.368 e. The van der Waals surface area contributed by atoms with E-state index in [9.17, 15) is 8.78 Å². The van der Waals surface area contributed by atoms with Gasteiger partial charge in [0.1, 0.15) is 17.3 Å². The van der Waals surface area contributed by atoms with Gasteiger partial charge in [-0.2, -0.15) is 10.1 Å². The van der Waals surface area contributed by atoms with Gasteiger partial charge >= 0.3 is 0 Å². The molecule has 134 valence electrons. The molecule has 2 heterocycles. The van der Waals surface area contributed by atoms with Crippen molar-refractivity contribution in [1.29, 1.82) is 0 Å². The molecular formula is C18H18F2N6. The average molecular weight is 356 g/mol. The van der Waals surface area contributed by atoms with Gasteiger partial charge < -0.3 is 11.1 Å². The van der Waals surface area contributed by atoms with Crippen molar-refractivity contribution in [3.05, 3.63) is 59.0 Å². The van der Waals surface area contributed by atoms with E-state index in [0.717, 1.165) is 42.3 Å². The first-order valence-corrected chi connectivity index (χ1v) is 8.41. The normalized spacial score (nSPS) is 16.3. The van der Waals surface area contributed by atoms with Crippen molar-refractivity contribution in [3.8, 4) is 5.69 Å². The van der Waals surface area contributed by atoms with Crippen LogP contribution >= 0.6 is 0 Å². The molecule has 26 heavy (non-hydrogen) atoms. The third-order valence-corrected chi connectivity index (χ3v) is 4.51. The first kappa shape index (κ1) is 16.4. The fourth-order valence-electron chi connectivity index (χ4n) is 3.41. The van der Waals surface area contributed by atoms with Crippen LogP contribution in [0, 0.1) is 18.6 Å². The minimum absolute atomic E-state index is 0.00953. The van der Waals surface area contributed by atoms with E-state index < -0.39 is 11.6 Å². The summed E-state index contributed by atoms with van der Waals surface area (Å²) in [5.41, 5.74) is 8.64. The SMILES string of the molecule is Cc1cc(N[C@@H]2CCCc3c2cnn3-c2ccc(F)cc2F)nc(N)n1. The molecule has 0 fully saturated rings. The third kappa shape index (κ3) is 2.98. The quantitative estimate of drug-likeness (QED) is 0.752. The fourth-order valence-corrected chi connectivity index (χ4v) is 3.41. The average Bonchev–Trinajstić information content (AvgIpc) is 2.99. The Morgan fingerprint density at radius 3 is 2.85 bits per heavy atom. The zero-order valence-electron chi connectivity index (χ0n) is 14.2. The Morgan fingerprint density at radius 2 is 2.08 bits per heavy atom. The topological polar surface area (TPSA) is 81.7 Å². The molecule has 1 aromatic carbocycles. The molecule has 8 heteroatoms. The molecule has 0 unspecified atom stereocenters. The van der Waals surface area contributed by atoms with Gasteiger partial charge in [-0.1, -0.05) is 0 Å². The van der Waals surface area contributed by atoms with Crippen LogP contribution in [0.1, 0.15) is 35.8 Å². The zero-order valence-corrected chi connectivity index (χ0v) is 14.2. The Morgan fingerprint density at radius 1 is 1.23 bits per heavy atom. The Bertz CT molecular complexity index is 948. The lowest BCUT2D eigenvalue weighted by Crippen LogP contribution is -2.19. The van der Waals surface area contributed by atoms with Gasteiger partial charge in [0.25, 0.3) is 0 Å². The molecule has 4 rings (SSSR count). The summed E-state index contributed by atoms with van der Waals surface area (Å²) in [5.74, 6) is -0.380. The second-order valence-electron chi connectivity index (χ2n) is 6.40. The second-order valence-corrected chi connectivity index (χ2v) is 6.40. The minimum atomic E-state index is -0.634. The van der Waals surface area contributed by atoms with E-state index in [1.54, 1.807) is 10.9 Å². The van der Waals surface area contributed by atoms with Crippen molar-refractivity contribution in [2.24, 2.45) is 0 Å². The third-order valence-electron chi connectivity index (χ3n) is 4.51. The molecule has 1 aliphatic rings. The molecule has 0 saturated heterocycles. The molecule has 1 aliphatic carbocycles. The molecule has 3 N–H and O–H groups in total. The standard InChI is InChI=1S/C18H18F2N6/c1-10-7-17(25-18(21)23-10)24-14-3-2-4-15-12(14)9-22-26(15)16-6-5-11(19)8-13(16)20/h5-9,14H,2-4H2,1H3,(H3,21,23,24,25)/t14-/m1/s1. The number of rotatable bonds is 3. The number of benzene rings is 1. The highest BCUT2D eigenvalue weighted by Gasteiger charge is 2.26. The molecular weight excluding hydrogens is 338 g/mol. The molecule has 3 aromatic rings. The maximum absolute atomic E-state index is 14.2. The van der Waals surface area contributed by atoms with Crippen molar-refractivity contribution in [1.82, 2.24) is 19.7 Å². The van der Waals surface area contributed by atoms with E-state index in [1.807, 2.05) is 13.0 Å². The lowest BCUT2D eigenvalue weighted by Gasteiger charge is -2.25. The number of nitrogen functional groups attached to an aromatic ring is 1. The van der Waals surface area contributed by atoms with Gasteiger partial charge in [0.2, 0.25) is 5.95 Å². The second kappa shape index (κ2) is 6.36. The van der Waals surface area contributed by atoms with E-state index in [-0.39, 0.29) is 17.7 Å². The lowest BCUT2D eigenvalue weighted by molar-refractivity contribution is 0.558. The molecule has 0 saturated carbocycles. The van der Waals surface area contributed by atoms with E-state index in [4.69, 9.17) is 5.73 Å². The minimum Gasteiger partial charge on any atom is -0.368 e. The van der Waals surface area contributed by atoms with Crippen LogP contribution in [0.4, 0.5) is 20.5 Å². The summed E-state index contributed by atoms with van der Waals surface area (Å²) < 4.78 is 28.9. The van der Waals surface area contributed by atoms with Crippen molar-refractivity contribution in [3.63, 3.8) is 0 Å². The Labute approximate surface area is 149 Å². The number of nitrogens with one attached hydrogen (secondary N) is 1. The zero-order chi connectivity index (χ0) is 18.3. The van der Waals surface area contributed by atoms with Crippen LogP contribution in [-0.4, -0.2) is 19.7 Å². The van der Waals surface area contributed by atoms with Gasteiger partial charge in [-0.15, -0.1) is 0 Å². The molecule has 0 amide bonds. The summed E-state index contributed by atoms with van der Waals surface area (Å²) in [6, 6.07) is 5.33. The lowest BCUT2D eigenvalue weighted by atomic mass is 9.93. The number of hydrogen-bond donors (Lipinski definition) is 2. The molecule has 1 atom stereocenters. The molecule has 0 aliphatic heterocycles. The summed E-state index contributed by atoms with van der Waals surface area (Å²) in [4.78, 5) is 8.29. The summed E-state index contributed by atoms with van der Waals surface area (Å²) in [5, 5.41) is 7.71. The van der Waals surface area contributed by atoms with Crippen LogP contribution < -0.4 is 11.1 Å². The van der Waals surface area contributed by atoms with Crippen LogP contribution in [0.15, 0.2) is 30.5 Å². The van der Waals surface area contributed by atoms with E-state index in [2.05, 4.69) is 20.4 Å². The number of aryl methyl sites for hydroxylation is 1. The smallest absolute Gasteiger partial charge is 0.222 e.